The lowest BCUT2D eigenvalue weighted by Gasteiger charge is -2.62. The maximum Gasteiger partial charge on any atom is 0.309 e. The Morgan fingerprint density at radius 1 is 0.925 bits per heavy atom. The van der Waals surface area contributed by atoms with Gasteiger partial charge in [-0.15, -0.1) is 0 Å². The van der Waals surface area contributed by atoms with Crippen LogP contribution in [-0.2, 0) is 33.3 Å². The molecule has 300 valence electrons. The normalized spacial score (nSPS) is 39.4. The van der Waals surface area contributed by atoms with Gasteiger partial charge >= 0.3 is 17.9 Å². The van der Waals surface area contributed by atoms with Gasteiger partial charge in [0.15, 0.2) is 12.4 Å². The van der Waals surface area contributed by atoms with E-state index in [9.17, 15) is 34.8 Å². The fourth-order valence-electron chi connectivity index (χ4n) is 11.7. The van der Waals surface area contributed by atoms with Crippen LogP contribution in [0.5, 0.6) is 0 Å². The average molecular weight is 747 g/mol. The lowest BCUT2D eigenvalue weighted by molar-refractivity contribution is -0.262. The zero-order valence-electron chi connectivity index (χ0n) is 33.5. The van der Waals surface area contributed by atoms with Crippen molar-refractivity contribution in [1.82, 2.24) is 0 Å². The smallest absolute Gasteiger partial charge is 0.309 e. The number of aliphatic hydroxyl groups excluding tert-OH is 3. The molecular formula is C42H66O11. The largest absolute Gasteiger partial charge is 0.469 e. The lowest BCUT2D eigenvalue weighted by atomic mass is 9.43. The van der Waals surface area contributed by atoms with Gasteiger partial charge < -0.3 is 39.4 Å². The highest BCUT2D eigenvalue weighted by Gasteiger charge is 2.65. The van der Waals surface area contributed by atoms with E-state index in [1.165, 1.54) is 30.8 Å². The van der Waals surface area contributed by atoms with E-state index in [0.29, 0.717) is 19.3 Å². The van der Waals surface area contributed by atoms with Crippen molar-refractivity contribution in [2.75, 3.05) is 13.7 Å². The van der Waals surface area contributed by atoms with E-state index in [4.69, 9.17) is 14.2 Å². The molecule has 11 heteroatoms. The van der Waals surface area contributed by atoms with Crippen molar-refractivity contribution in [3.8, 4) is 0 Å². The van der Waals surface area contributed by atoms with Crippen LogP contribution in [0, 0.1) is 39.4 Å². The molecule has 0 amide bonds. The highest BCUT2D eigenvalue weighted by Crippen LogP contribution is 2.72. The van der Waals surface area contributed by atoms with Crippen molar-refractivity contribution >= 4 is 17.9 Å². The third-order valence-corrected chi connectivity index (χ3v) is 14.8. The van der Waals surface area contributed by atoms with Crippen LogP contribution >= 0.6 is 0 Å². The van der Waals surface area contributed by atoms with Crippen LogP contribution in [0.25, 0.3) is 0 Å². The van der Waals surface area contributed by atoms with Gasteiger partial charge in [0, 0.05) is 5.41 Å². The number of aliphatic hydroxyl groups is 4. The molecule has 11 nitrogen and oxygen atoms in total. The maximum atomic E-state index is 14.1. The van der Waals surface area contributed by atoms with E-state index in [-0.39, 0.29) is 59.0 Å². The summed E-state index contributed by atoms with van der Waals surface area (Å²) in [6, 6.07) is 0. The van der Waals surface area contributed by atoms with Gasteiger partial charge in [-0.25, -0.2) is 0 Å². The Labute approximate surface area is 315 Å². The molecule has 4 aliphatic carbocycles. The minimum atomic E-state index is -1.55. The molecular weight excluding hydrogens is 680 g/mol. The SMILES string of the molecule is COC(=O)CC(C)(O)CC(=O)O[C@@H]1CC[C@]2(C)C3=C(CC[C@H]2C1(C)C)[C@]1(C)CC[C@H]([C@@H](CCC=C(C)C)C(=O)O[C@@H]2[C@@H](O)[C@H](O)CO[C@H]2O)[C@@]1(C)CC3. The number of esters is 3. The van der Waals surface area contributed by atoms with Crippen LogP contribution in [0.15, 0.2) is 22.8 Å². The summed E-state index contributed by atoms with van der Waals surface area (Å²) in [7, 11) is 1.25. The monoisotopic (exact) mass is 746 g/mol. The highest BCUT2D eigenvalue weighted by atomic mass is 16.7. The molecule has 2 saturated carbocycles. The molecule has 3 fully saturated rings. The quantitative estimate of drug-likeness (QED) is 0.116. The summed E-state index contributed by atoms with van der Waals surface area (Å²) >= 11 is 0. The summed E-state index contributed by atoms with van der Waals surface area (Å²) < 4.78 is 21.9. The van der Waals surface area contributed by atoms with Gasteiger partial charge in [-0.2, -0.15) is 0 Å². The molecule has 53 heavy (non-hydrogen) atoms. The van der Waals surface area contributed by atoms with Crippen LogP contribution in [0.4, 0.5) is 0 Å². The molecule has 5 rings (SSSR count). The van der Waals surface area contributed by atoms with E-state index in [2.05, 4.69) is 45.4 Å². The first-order valence-electron chi connectivity index (χ1n) is 19.8. The van der Waals surface area contributed by atoms with Crippen LogP contribution in [0.1, 0.15) is 132 Å². The van der Waals surface area contributed by atoms with Gasteiger partial charge in [-0.05, 0) is 113 Å². The van der Waals surface area contributed by atoms with E-state index < -0.39 is 54.0 Å². The van der Waals surface area contributed by atoms with Crippen molar-refractivity contribution in [1.29, 1.82) is 0 Å². The standard InChI is InChI=1S/C42H66O11/c1-24(2)11-10-12-25(36(47)53-35-34(46)29(43)23-51-37(35)48)26-15-19-42(8)28-13-14-30-38(3,4)31(52-33(45)22-39(5,49)21-32(44)50-9)17-18-40(30,6)27(28)16-20-41(26,42)7/h11,25-26,29-31,34-35,37,43,46,48-49H,10,12-23H2,1-9H3/t25-,26-,29-,30+,31-,34+,35-,37-,39?,40-,41-,42+/m1/s1. The van der Waals surface area contributed by atoms with Crippen LogP contribution in [0.3, 0.4) is 0 Å². The maximum absolute atomic E-state index is 14.1. The number of carbonyl (C=O) groups is 3. The molecule has 1 aliphatic heterocycles. The van der Waals surface area contributed by atoms with Crippen molar-refractivity contribution in [3.63, 3.8) is 0 Å². The summed E-state index contributed by atoms with van der Waals surface area (Å²) in [5.74, 6) is -1.70. The Morgan fingerprint density at radius 3 is 2.26 bits per heavy atom. The summed E-state index contributed by atoms with van der Waals surface area (Å²) in [4.78, 5) is 39.1. The first-order valence-corrected chi connectivity index (χ1v) is 19.8. The molecule has 0 bridgehead atoms. The lowest BCUT2D eigenvalue weighted by Crippen LogP contribution is -2.56. The third-order valence-electron chi connectivity index (χ3n) is 14.8. The molecule has 0 aromatic rings. The van der Waals surface area contributed by atoms with Crippen molar-refractivity contribution in [3.05, 3.63) is 22.8 Å². The van der Waals surface area contributed by atoms with E-state index in [1.807, 2.05) is 13.8 Å². The van der Waals surface area contributed by atoms with Crippen molar-refractivity contribution in [2.45, 2.75) is 169 Å². The number of ether oxygens (including phenoxy) is 4. The number of hydrogen-bond acceptors (Lipinski definition) is 11. The average Bonchev–Trinajstić information content (AvgIpc) is 3.34. The third kappa shape index (κ3) is 7.76. The molecule has 0 aromatic carbocycles. The van der Waals surface area contributed by atoms with Crippen LogP contribution in [-0.4, -0.2) is 88.4 Å². The first-order chi connectivity index (χ1) is 24.6. The number of allylic oxidation sites excluding steroid dienone is 4. The minimum Gasteiger partial charge on any atom is -0.469 e. The molecule has 4 N–H and O–H groups in total. The van der Waals surface area contributed by atoms with Gasteiger partial charge in [0.05, 0.1) is 38.1 Å². The van der Waals surface area contributed by atoms with Gasteiger partial charge in [-0.1, -0.05) is 57.4 Å². The summed E-state index contributed by atoms with van der Waals surface area (Å²) in [6.45, 7) is 16.9. The predicted molar refractivity (Wildman–Crippen MR) is 197 cm³/mol. The number of fused-ring (bicyclic) bond motifs is 4. The molecule has 5 aliphatic rings. The van der Waals surface area contributed by atoms with Gasteiger partial charge in [0.25, 0.3) is 0 Å². The Hall–Kier alpha value is -2.31. The number of rotatable bonds is 11. The second-order valence-corrected chi connectivity index (χ2v) is 18.8. The van der Waals surface area contributed by atoms with E-state index in [1.54, 1.807) is 0 Å². The minimum absolute atomic E-state index is 0.0249. The second kappa shape index (κ2) is 15.3. The molecule has 12 atom stereocenters. The zero-order valence-corrected chi connectivity index (χ0v) is 33.5. The zero-order chi connectivity index (χ0) is 39.3. The summed E-state index contributed by atoms with van der Waals surface area (Å²) in [6.07, 6.45) is 4.11. The number of hydrogen-bond donors (Lipinski definition) is 4. The Balaban J connectivity index is 1.38. The Kier molecular flexibility index (Phi) is 12.1. The summed E-state index contributed by atoms with van der Waals surface area (Å²) in [5, 5.41) is 42.0. The number of carbonyl (C=O) groups excluding carboxylic acids is 3. The van der Waals surface area contributed by atoms with Crippen LogP contribution in [0.2, 0.25) is 0 Å². The molecule has 1 heterocycles. The van der Waals surface area contributed by atoms with E-state index >= 15 is 0 Å². The fraction of sp³-hybridized carbons (Fsp3) is 0.833. The van der Waals surface area contributed by atoms with Gasteiger partial charge in [0.2, 0.25) is 0 Å². The Bertz CT molecular complexity index is 1460. The molecule has 0 spiro atoms. The molecule has 1 unspecified atom stereocenters. The van der Waals surface area contributed by atoms with Crippen molar-refractivity contribution < 1.29 is 53.8 Å². The number of methoxy groups -OCH3 is 1. The summed E-state index contributed by atoms with van der Waals surface area (Å²) in [5.41, 5.74) is 1.98. The Morgan fingerprint density at radius 2 is 1.60 bits per heavy atom. The topological polar surface area (TPSA) is 169 Å². The van der Waals surface area contributed by atoms with E-state index in [0.717, 1.165) is 44.9 Å². The molecule has 0 aromatic heterocycles. The van der Waals surface area contributed by atoms with Crippen molar-refractivity contribution in [2.24, 2.45) is 39.4 Å². The second-order valence-electron chi connectivity index (χ2n) is 18.8. The highest BCUT2D eigenvalue weighted by molar-refractivity contribution is 5.75. The van der Waals surface area contributed by atoms with Crippen LogP contribution < -0.4 is 0 Å². The van der Waals surface area contributed by atoms with Gasteiger partial charge in [-0.3, -0.25) is 14.4 Å². The molecule has 0 radical (unpaired) electrons. The predicted octanol–water partition coefficient (Wildman–Crippen LogP) is 5.70. The van der Waals surface area contributed by atoms with Gasteiger partial charge in [0.1, 0.15) is 18.3 Å². The first kappa shape index (κ1) is 41.8. The fourth-order valence-corrected chi connectivity index (χ4v) is 11.7. The molecule has 1 saturated heterocycles.